The Morgan fingerprint density at radius 3 is 2.64 bits per heavy atom. The van der Waals surface area contributed by atoms with E-state index < -0.39 is 0 Å². The molecule has 7 nitrogen and oxygen atoms in total. The first-order chi connectivity index (χ1) is 13.1. The fourth-order valence-corrected chi connectivity index (χ4v) is 3.90. The molecule has 0 aliphatic carbocycles. The highest BCUT2D eigenvalue weighted by molar-refractivity contribution is 6.30. The number of nitrogens with zero attached hydrogens (tertiary/aromatic N) is 6. The molecule has 1 aliphatic rings. The first kappa shape index (κ1) is 22.9. The number of benzene rings is 1. The maximum atomic E-state index is 6.21. The molecule has 2 aromatic rings. The van der Waals surface area contributed by atoms with Crippen LogP contribution in [0.25, 0.3) is 0 Å². The average Bonchev–Trinajstić information content (AvgIpc) is 3.15. The fraction of sp³-hybridized carbons (Fsp3) is 0.632. The van der Waals surface area contributed by atoms with E-state index in [9.17, 15) is 0 Å². The Morgan fingerprint density at radius 2 is 1.96 bits per heavy atom. The third-order valence-electron chi connectivity index (χ3n) is 5.19. The number of halogens is 2. The molecule has 0 N–H and O–H groups in total. The van der Waals surface area contributed by atoms with Crippen LogP contribution in [0.1, 0.15) is 37.2 Å². The van der Waals surface area contributed by atoms with E-state index in [1.54, 1.807) is 7.11 Å². The molecule has 0 spiro atoms. The number of methoxy groups -OCH3 is 1. The molecule has 1 unspecified atom stereocenters. The number of rotatable bonds is 8. The first-order valence-corrected chi connectivity index (χ1v) is 10.0. The standard InChI is InChI=1S/C19H29ClN6O.ClH/c1-4-5-17(19-21-22-23-26(19)12-13-27-3)24-8-10-25(11-9-24)18-14-16(20)7-6-15(18)2;/h6-7,14,17H,4-5,8-13H2,1-3H3;1H. The summed E-state index contributed by atoms with van der Waals surface area (Å²) in [5.41, 5.74) is 2.50. The lowest BCUT2D eigenvalue weighted by atomic mass is 10.1. The Balaban J connectivity index is 0.00000280. The SMILES string of the molecule is CCCC(c1nnnn1CCOC)N1CCN(c2cc(Cl)ccc2C)CC1.Cl. The lowest BCUT2D eigenvalue weighted by Gasteiger charge is -2.40. The van der Waals surface area contributed by atoms with Gasteiger partial charge in [-0.3, -0.25) is 4.90 Å². The minimum absolute atomic E-state index is 0. The van der Waals surface area contributed by atoms with Crippen LogP contribution in [0.5, 0.6) is 0 Å². The van der Waals surface area contributed by atoms with E-state index in [0.29, 0.717) is 13.2 Å². The van der Waals surface area contributed by atoms with E-state index >= 15 is 0 Å². The number of aromatic nitrogens is 4. The van der Waals surface area contributed by atoms with E-state index in [-0.39, 0.29) is 18.4 Å². The molecule has 3 rings (SSSR count). The Morgan fingerprint density at radius 1 is 1.21 bits per heavy atom. The molecule has 0 amide bonds. The zero-order valence-corrected chi connectivity index (χ0v) is 18.4. The lowest BCUT2D eigenvalue weighted by Crippen LogP contribution is -2.48. The van der Waals surface area contributed by atoms with Gasteiger partial charge in [0.25, 0.3) is 0 Å². The Labute approximate surface area is 178 Å². The molecule has 1 aromatic carbocycles. The molecule has 1 aromatic heterocycles. The number of anilines is 1. The average molecular weight is 429 g/mol. The summed E-state index contributed by atoms with van der Waals surface area (Å²) in [5, 5.41) is 13.2. The zero-order chi connectivity index (χ0) is 19.2. The van der Waals surface area contributed by atoms with Gasteiger partial charge in [0, 0.05) is 44.0 Å². The predicted octanol–water partition coefficient (Wildman–Crippen LogP) is 3.37. The molecule has 0 radical (unpaired) electrons. The molecule has 2 heterocycles. The summed E-state index contributed by atoms with van der Waals surface area (Å²) < 4.78 is 7.08. The Kier molecular flexibility index (Phi) is 8.95. The fourth-order valence-electron chi connectivity index (χ4n) is 3.73. The van der Waals surface area contributed by atoms with Crippen molar-refractivity contribution in [2.24, 2.45) is 0 Å². The van der Waals surface area contributed by atoms with Gasteiger partial charge in [0.15, 0.2) is 5.82 Å². The van der Waals surface area contributed by atoms with Crippen LogP contribution >= 0.6 is 24.0 Å². The summed E-state index contributed by atoms with van der Waals surface area (Å²) in [6.45, 7) is 9.55. The summed E-state index contributed by atoms with van der Waals surface area (Å²) in [4.78, 5) is 4.93. The van der Waals surface area contributed by atoms with Gasteiger partial charge in [-0.2, -0.15) is 0 Å². The van der Waals surface area contributed by atoms with Gasteiger partial charge in [0.2, 0.25) is 0 Å². The summed E-state index contributed by atoms with van der Waals surface area (Å²) in [6, 6.07) is 6.35. The van der Waals surface area contributed by atoms with Crippen molar-refractivity contribution in [2.75, 3.05) is 44.8 Å². The first-order valence-electron chi connectivity index (χ1n) is 9.64. The van der Waals surface area contributed by atoms with Crippen molar-refractivity contribution in [1.29, 1.82) is 0 Å². The van der Waals surface area contributed by atoms with Crippen LogP contribution in [0.3, 0.4) is 0 Å². The van der Waals surface area contributed by atoms with Gasteiger partial charge in [0.1, 0.15) is 0 Å². The number of ether oxygens (including phenoxy) is 1. The van der Waals surface area contributed by atoms with E-state index in [2.05, 4.69) is 51.3 Å². The van der Waals surface area contributed by atoms with Crippen LogP contribution in [-0.2, 0) is 11.3 Å². The van der Waals surface area contributed by atoms with Crippen molar-refractivity contribution in [3.8, 4) is 0 Å². The quantitative estimate of drug-likeness (QED) is 0.642. The second kappa shape index (κ2) is 11.0. The Hall–Kier alpha value is -1.41. The lowest BCUT2D eigenvalue weighted by molar-refractivity contribution is 0.153. The van der Waals surface area contributed by atoms with E-state index in [1.165, 1.54) is 11.3 Å². The van der Waals surface area contributed by atoms with E-state index in [4.69, 9.17) is 16.3 Å². The van der Waals surface area contributed by atoms with Crippen LogP contribution in [0.15, 0.2) is 18.2 Å². The number of aryl methyl sites for hydroxylation is 1. The van der Waals surface area contributed by atoms with E-state index in [0.717, 1.165) is 49.9 Å². The Bertz CT molecular complexity index is 733. The number of piperazine rings is 1. The van der Waals surface area contributed by atoms with Crippen molar-refractivity contribution in [3.63, 3.8) is 0 Å². The molecule has 156 valence electrons. The molecule has 1 fully saturated rings. The maximum Gasteiger partial charge on any atom is 0.168 e. The third kappa shape index (κ3) is 5.35. The summed E-state index contributed by atoms with van der Waals surface area (Å²) in [7, 11) is 1.70. The number of hydrogen-bond acceptors (Lipinski definition) is 6. The van der Waals surface area contributed by atoms with Gasteiger partial charge in [-0.15, -0.1) is 17.5 Å². The zero-order valence-electron chi connectivity index (χ0n) is 16.8. The molecule has 1 aliphatic heterocycles. The topological polar surface area (TPSA) is 59.3 Å². The van der Waals surface area contributed by atoms with Gasteiger partial charge >= 0.3 is 0 Å². The highest BCUT2D eigenvalue weighted by atomic mass is 35.5. The number of tetrazole rings is 1. The minimum Gasteiger partial charge on any atom is -0.383 e. The molecule has 28 heavy (non-hydrogen) atoms. The molecule has 9 heteroatoms. The normalized spacial score (nSPS) is 16.1. The van der Waals surface area contributed by atoms with E-state index in [1.807, 2.05) is 10.7 Å². The second-order valence-electron chi connectivity index (χ2n) is 7.01. The van der Waals surface area contributed by atoms with Gasteiger partial charge in [0.05, 0.1) is 19.2 Å². The summed E-state index contributed by atoms with van der Waals surface area (Å²) in [6.07, 6.45) is 2.14. The van der Waals surface area contributed by atoms with Gasteiger partial charge < -0.3 is 9.64 Å². The highest BCUT2D eigenvalue weighted by Crippen LogP contribution is 2.29. The molecule has 0 saturated carbocycles. The van der Waals surface area contributed by atoms with Crippen LogP contribution in [0.2, 0.25) is 5.02 Å². The highest BCUT2D eigenvalue weighted by Gasteiger charge is 2.29. The predicted molar refractivity (Wildman–Crippen MR) is 115 cm³/mol. The maximum absolute atomic E-state index is 6.21. The monoisotopic (exact) mass is 428 g/mol. The molecule has 0 bridgehead atoms. The van der Waals surface area contributed by atoms with Crippen LogP contribution in [0.4, 0.5) is 5.69 Å². The van der Waals surface area contributed by atoms with Gasteiger partial charge in [-0.05, 0) is 41.5 Å². The van der Waals surface area contributed by atoms with Crippen LogP contribution in [0, 0.1) is 6.92 Å². The van der Waals surface area contributed by atoms with Gasteiger partial charge in [-0.1, -0.05) is 31.0 Å². The second-order valence-corrected chi connectivity index (χ2v) is 7.45. The summed E-state index contributed by atoms with van der Waals surface area (Å²) in [5.74, 6) is 0.946. The van der Waals surface area contributed by atoms with Crippen LogP contribution in [-0.4, -0.2) is 65.0 Å². The summed E-state index contributed by atoms with van der Waals surface area (Å²) >= 11 is 6.21. The molecular formula is C19H30Cl2N6O. The van der Waals surface area contributed by atoms with Crippen molar-refractivity contribution in [1.82, 2.24) is 25.1 Å². The molecular weight excluding hydrogens is 399 g/mol. The smallest absolute Gasteiger partial charge is 0.168 e. The van der Waals surface area contributed by atoms with Crippen LogP contribution < -0.4 is 4.90 Å². The van der Waals surface area contributed by atoms with Crippen molar-refractivity contribution >= 4 is 29.7 Å². The van der Waals surface area contributed by atoms with Crippen molar-refractivity contribution in [2.45, 2.75) is 39.3 Å². The number of hydrogen-bond donors (Lipinski definition) is 0. The largest absolute Gasteiger partial charge is 0.383 e. The molecule has 1 saturated heterocycles. The molecule has 1 atom stereocenters. The van der Waals surface area contributed by atoms with Gasteiger partial charge in [-0.25, -0.2) is 4.68 Å². The van der Waals surface area contributed by atoms with Crippen molar-refractivity contribution < 1.29 is 4.74 Å². The minimum atomic E-state index is 0. The third-order valence-corrected chi connectivity index (χ3v) is 5.43. The van der Waals surface area contributed by atoms with Crippen molar-refractivity contribution in [3.05, 3.63) is 34.6 Å².